The van der Waals surface area contributed by atoms with Crippen LogP contribution in [0, 0.1) is 16.7 Å². The maximum Gasteiger partial charge on any atom is 0.237 e. The van der Waals surface area contributed by atoms with Gasteiger partial charge >= 0.3 is 0 Å². The molecule has 0 unspecified atom stereocenters. The van der Waals surface area contributed by atoms with Crippen LogP contribution < -0.4 is 5.32 Å². The summed E-state index contributed by atoms with van der Waals surface area (Å²) in [4.78, 5) is 40.7. The van der Waals surface area contributed by atoms with E-state index in [0.717, 1.165) is 5.56 Å². The highest BCUT2D eigenvalue weighted by atomic mass is 16.2. The Morgan fingerprint density at radius 3 is 2.48 bits per heavy atom. The van der Waals surface area contributed by atoms with Crippen LogP contribution >= 0.6 is 0 Å². The second-order valence-corrected chi connectivity index (χ2v) is 8.18. The van der Waals surface area contributed by atoms with E-state index in [4.69, 9.17) is 0 Å². The Balaban J connectivity index is 1.69. The topological polar surface area (TPSA) is 90.3 Å². The van der Waals surface area contributed by atoms with Gasteiger partial charge in [0, 0.05) is 24.2 Å². The van der Waals surface area contributed by atoms with Crippen molar-refractivity contribution in [2.75, 3.05) is 11.9 Å². The molecule has 6 heteroatoms. The van der Waals surface area contributed by atoms with Gasteiger partial charge in [-0.1, -0.05) is 48.5 Å². The number of Topliss-reactive ketones (excluding diaryl/α,β-unsaturated/α-hetero) is 1. The second-order valence-electron chi connectivity index (χ2n) is 8.18. The van der Waals surface area contributed by atoms with E-state index in [1.807, 2.05) is 24.3 Å². The van der Waals surface area contributed by atoms with E-state index < -0.39 is 22.8 Å². The molecular formula is C23H21N3O3. The van der Waals surface area contributed by atoms with Crippen LogP contribution in [0.15, 0.2) is 54.6 Å². The first-order chi connectivity index (χ1) is 13.8. The van der Waals surface area contributed by atoms with Crippen LogP contribution in [0.5, 0.6) is 0 Å². The number of fused-ring (bicyclic) bond motifs is 2. The summed E-state index contributed by atoms with van der Waals surface area (Å²) in [6.07, 6.45) is 0.216. The molecule has 2 heterocycles. The zero-order chi connectivity index (χ0) is 20.8. The van der Waals surface area contributed by atoms with Gasteiger partial charge in [-0.15, -0.1) is 0 Å². The molecule has 1 N–H and O–H groups in total. The summed E-state index contributed by atoms with van der Waals surface area (Å²) in [5, 5.41) is 12.6. The Hall–Kier alpha value is -3.46. The van der Waals surface area contributed by atoms with Crippen LogP contribution in [0.4, 0.5) is 5.69 Å². The fourth-order valence-corrected chi connectivity index (χ4v) is 4.37. The molecule has 29 heavy (non-hydrogen) atoms. The van der Waals surface area contributed by atoms with E-state index in [9.17, 15) is 19.6 Å². The molecule has 2 amide bonds. The minimum absolute atomic E-state index is 0.0818. The Kier molecular flexibility index (Phi) is 4.27. The molecular weight excluding hydrogens is 366 g/mol. The van der Waals surface area contributed by atoms with Gasteiger partial charge in [-0.2, -0.15) is 5.26 Å². The molecule has 6 nitrogen and oxygen atoms in total. The van der Waals surface area contributed by atoms with Crippen LogP contribution in [0.25, 0.3) is 0 Å². The number of nitriles is 1. The molecule has 4 rings (SSSR count). The van der Waals surface area contributed by atoms with E-state index in [1.165, 1.54) is 4.90 Å². The van der Waals surface area contributed by atoms with Crippen molar-refractivity contribution in [3.8, 4) is 6.07 Å². The lowest BCUT2D eigenvalue weighted by Crippen LogP contribution is -2.48. The first-order valence-electron chi connectivity index (χ1n) is 9.53. The number of anilines is 1. The van der Waals surface area contributed by atoms with Crippen molar-refractivity contribution in [1.29, 1.82) is 5.26 Å². The van der Waals surface area contributed by atoms with Gasteiger partial charge in [0.1, 0.15) is 11.5 Å². The number of rotatable bonds is 3. The molecule has 0 aromatic heterocycles. The zero-order valence-corrected chi connectivity index (χ0v) is 16.3. The van der Waals surface area contributed by atoms with E-state index in [-0.39, 0.29) is 24.7 Å². The third-order valence-corrected chi connectivity index (χ3v) is 6.03. The molecule has 0 bridgehead atoms. The molecule has 2 aromatic carbocycles. The van der Waals surface area contributed by atoms with Crippen molar-refractivity contribution in [2.24, 2.45) is 5.41 Å². The number of amides is 2. The Bertz CT molecular complexity index is 1050. The van der Waals surface area contributed by atoms with Gasteiger partial charge in [0.05, 0.1) is 11.5 Å². The summed E-state index contributed by atoms with van der Waals surface area (Å²) in [6, 6.07) is 17.4. The number of hydrogen-bond donors (Lipinski definition) is 1. The molecule has 1 spiro atoms. The number of carbonyl (C=O) groups is 3. The van der Waals surface area contributed by atoms with E-state index in [0.29, 0.717) is 11.3 Å². The van der Waals surface area contributed by atoms with Crippen molar-refractivity contribution < 1.29 is 14.4 Å². The number of nitrogens with one attached hydrogen (secondary N) is 1. The minimum atomic E-state index is -1.35. The number of carbonyl (C=O) groups excluding carboxylic acids is 3. The van der Waals surface area contributed by atoms with Crippen molar-refractivity contribution in [3.05, 3.63) is 65.7 Å². The van der Waals surface area contributed by atoms with E-state index in [1.54, 1.807) is 44.2 Å². The average Bonchev–Trinajstić information content (AvgIpc) is 3.26. The maximum absolute atomic E-state index is 13.4. The van der Waals surface area contributed by atoms with E-state index in [2.05, 4.69) is 11.4 Å². The normalized spacial score (nSPS) is 22.9. The molecule has 0 saturated carbocycles. The number of hydrogen-bond acceptors (Lipinski definition) is 4. The Morgan fingerprint density at radius 1 is 1.14 bits per heavy atom. The standard InChI is InChI=1S/C23H21N3O3/c1-22(2,19(27)15-8-4-3-5-9-15)21(29)26-14-23(12-16(26)13-24)17-10-6-7-11-18(17)25-20(23)28/h3-11,16H,12,14H2,1-2H3,(H,25,28)/t16-,23-/m0/s1. The first-order valence-corrected chi connectivity index (χ1v) is 9.53. The summed E-state index contributed by atoms with van der Waals surface area (Å²) in [5.74, 6) is -0.953. The third-order valence-electron chi connectivity index (χ3n) is 6.03. The quantitative estimate of drug-likeness (QED) is 0.648. The molecule has 2 aliphatic rings. The highest BCUT2D eigenvalue weighted by Crippen LogP contribution is 2.47. The summed E-state index contributed by atoms with van der Waals surface area (Å²) in [6.45, 7) is 3.23. The monoisotopic (exact) mass is 387 g/mol. The van der Waals surface area contributed by atoms with Gasteiger partial charge in [0.2, 0.25) is 11.8 Å². The van der Waals surface area contributed by atoms with Gasteiger partial charge in [-0.05, 0) is 25.5 Å². The summed E-state index contributed by atoms with van der Waals surface area (Å²) < 4.78 is 0. The highest BCUT2D eigenvalue weighted by Gasteiger charge is 2.57. The fourth-order valence-electron chi connectivity index (χ4n) is 4.37. The SMILES string of the molecule is CC(C)(C(=O)c1ccccc1)C(=O)N1C[C@]2(C[C@H]1C#N)C(=O)Nc1ccccc12. The van der Waals surface area contributed by atoms with Crippen LogP contribution in [0.3, 0.4) is 0 Å². The molecule has 1 fully saturated rings. The van der Waals surface area contributed by atoms with Crippen molar-refractivity contribution in [3.63, 3.8) is 0 Å². The highest BCUT2D eigenvalue weighted by molar-refractivity contribution is 6.14. The number of ketones is 1. The van der Waals surface area contributed by atoms with Gasteiger partial charge in [0.25, 0.3) is 0 Å². The predicted molar refractivity (Wildman–Crippen MR) is 107 cm³/mol. The largest absolute Gasteiger partial charge is 0.325 e. The van der Waals surface area contributed by atoms with E-state index >= 15 is 0 Å². The summed E-state index contributed by atoms with van der Waals surface area (Å²) in [7, 11) is 0. The molecule has 2 aliphatic heterocycles. The smallest absolute Gasteiger partial charge is 0.237 e. The molecule has 1 saturated heterocycles. The fraction of sp³-hybridized carbons (Fsp3) is 0.304. The molecule has 2 atom stereocenters. The van der Waals surface area contributed by atoms with Crippen LogP contribution in [0.1, 0.15) is 36.2 Å². The Morgan fingerprint density at radius 2 is 1.79 bits per heavy atom. The average molecular weight is 387 g/mol. The van der Waals surface area contributed by atoms with Crippen LogP contribution in [0.2, 0.25) is 0 Å². The summed E-state index contributed by atoms with van der Waals surface area (Å²) >= 11 is 0. The van der Waals surface area contributed by atoms with Crippen molar-refractivity contribution >= 4 is 23.3 Å². The molecule has 0 aliphatic carbocycles. The van der Waals surface area contributed by atoms with Crippen LogP contribution in [-0.4, -0.2) is 35.1 Å². The minimum Gasteiger partial charge on any atom is -0.325 e. The number of nitrogens with zero attached hydrogens (tertiary/aromatic N) is 2. The van der Waals surface area contributed by atoms with Gasteiger partial charge < -0.3 is 10.2 Å². The molecule has 2 aromatic rings. The van der Waals surface area contributed by atoms with Crippen molar-refractivity contribution in [2.45, 2.75) is 31.7 Å². The maximum atomic E-state index is 13.4. The second kappa shape index (κ2) is 6.56. The van der Waals surface area contributed by atoms with Gasteiger partial charge in [-0.3, -0.25) is 14.4 Å². The zero-order valence-electron chi connectivity index (χ0n) is 16.3. The lowest BCUT2D eigenvalue weighted by atomic mass is 9.79. The predicted octanol–water partition coefficient (Wildman–Crippen LogP) is 2.91. The lowest BCUT2D eigenvalue weighted by molar-refractivity contribution is -0.138. The van der Waals surface area contributed by atoms with Gasteiger partial charge in [0.15, 0.2) is 5.78 Å². The lowest BCUT2D eigenvalue weighted by Gasteiger charge is -2.30. The summed E-state index contributed by atoms with van der Waals surface area (Å²) in [5.41, 5.74) is -0.358. The molecule has 0 radical (unpaired) electrons. The number of likely N-dealkylation sites (tertiary alicyclic amines) is 1. The number of benzene rings is 2. The number of para-hydroxylation sites is 1. The van der Waals surface area contributed by atoms with Gasteiger partial charge in [-0.25, -0.2) is 0 Å². The molecule has 146 valence electrons. The van der Waals surface area contributed by atoms with Crippen LogP contribution in [-0.2, 0) is 15.0 Å². The first kappa shape index (κ1) is 18.9. The van der Waals surface area contributed by atoms with Crippen molar-refractivity contribution in [1.82, 2.24) is 4.90 Å². The third kappa shape index (κ3) is 2.73. The Labute approximate surface area is 169 Å².